The van der Waals surface area contributed by atoms with Crippen LogP contribution in [0.3, 0.4) is 0 Å². The fourth-order valence-electron chi connectivity index (χ4n) is 6.69. The van der Waals surface area contributed by atoms with Crippen LogP contribution < -0.4 is 11.1 Å². The van der Waals surface area contributed by atoms with E-state index in [4.69, 9.17) is 5.73 Å². The van der Waals surface area contributed by atoms with Gasteiger partial charge in [-0.3, -0.25) is 4.79 Å². The standard InChI is InChI=1S/C18H32N2O/c1-15(2,12-19)20-14(21)8-18-7-13-5-16(3,10-18)9-17(4,6-13)11-18/h13H,5-12,19H2,1-4H3,(H,20,21). The summed E-state index contributed by atoms with van der Waals surface area (Å²) in [4.78, 5) is 12.5. The van der Waals surface area contributed by atoms with Crippen LogP contribution in [0, 0.1) is 22.2 Å². The second kappa shape index (κ2) is 4.47. The van der Waals surface area contributed by atoms with Gasteiger partial charge in [-0.05, 0) is 74.5 Å². The minimum Gasteiger partial charge on any atom is -0.350 e. The fourth-order valence-corrected chi connectivity index (χ4v) is 6.69. The van der Waals surface area contributed by atoms with Crippen LogP contribution in [-0.2, 0) is 4.79 Å². The zero-order valence-electron chi connectivity index (χ0n) is 14.2. The molecule has 0 saturated heterocycles. The van der Waals surface area contributed by atoms with Gasteiger partial charge in [0.2, 0.25) is 5.91 Å². The van der Waals surface area contributed by atoms with Gasteiger partial charge in [-0.15, -0.1) is 0 Å². The van der Waals surface area contributed by atoms with Crippen LogP contribution in [0.4, 0.5) is 0 Å². The molecule has 0 radical (unpaired) electrons. The van der Waals surface area contributed by atoms with Crippen LogP contribution in [0.5, 0.6) is 0 Å². The van der Waals surface area contributed by atoms with E-state index >= 15 is 0 Å². The summed E-state index contributed by atoms with van der Waals surface area (Å²) in [6.07, 6.45) is 8.63. The average molecular weight is 292 g/mol. The first-order chi connectivity index (χ1) is 9.57. The summed E-state index contributed by atoms with van der Waals surface area (Å²) in [7, 11) is 0. The van der Waals surface area contributed by atoms with Crippen molar-refractivity contribution in [3.8, 4) is 0 Å². The van der Waals surface area contributed by atoms with E-state index in [0.717, 1.165) is 5.92 Å². The third-order valence-corrected chi connectivity index (χ3v) is 6.27. The number of carbonyl (C=O) groups is 1. The van der Waals surface area contributed by atoms with E-state index in [1.54, 1.807) is 0 Å². The molecule has 3 N–H and O–H groups in total. The second-order valence-corrected chi connectivity index (χ2v) is 9.94. The van der Waals surface area contributed by atoms with Gasteiger partial charge in [-0.25, -0.2) is 0 Å². The van der Waals surface area contributed by atoms with Crippen LogP contribution in [0.15, 0.2) is 0 Å². The highest BCUT2D eigenvalue weighted by molar-refractivity contribution is 5.77. The van der Waals surface area contributed by atoms with E-state index in [1.807, 2.05) is 13.8 Å². The highest BCUT2D eigenvalue weighted by Crippen LogP contribution is 2.70. The van der Waals surface area contributed by atoms with Crippen molar-refractivity contribution in [1.29, 1.82) is 0 Å². The van der Waals surface area contributed by atoms with Gasteiger partial charge in [-0.1, -0.05) is 13.8 Å². The Bertz CT molecular complexity index is 438. The number of nitrogens with one attached hydrogen (secondary N) is 1. The summed E-state index contributed by atoms with van der Waals surface area (Å²) in [5.41, 5.74) is 6.69. The summed E-state index contributed by atoms with van der Waals surface area (Å²) >= 11 is 0. The topological polar surface area (TPSA) is 55.1 Å². The van der Waals surface area contributed by atoms with E-state index in [2.05, 4.69) is 19.2 Å². The molecule has 0 aromatic carbocycles. The molecule has 3 heteroatoms. The Morgan fingerprint density at radius 3 is 2.19 bits per heavy atom. The molecule has 4 aliphatic rings. The molecule has 4 aliphatic carbocycles. The predicted molar refractivity (Wildman–Crippen MR) is 85.7 cm³/mol. The van der Waals surface area contributed by atoms with Gasteiger partial charge >= 0.3 is 0 Å². The monoisotopic (exact) mass is 292 g/mol. The summed E-state index contributed by atoms with van der Waals surface area (Å²) in [5.74, 6) is 1.06. The first kappa shape index (κ1) is 15.3. The number of nitrogens with two attached hydrogens (primary N) is 1. The first-order valence-corrected chi connectivity index (χ1v) is 8.58. The van der Waals surface area contributed by atoms with E-state index in [9.17, 15) is 4.79 Å². The third-order valence-electron chi connectivity index (χ3n) is 6.27. The molecule has 0 aromatic rings. The molecule has 4 rings (SSSR count). The Balaban J connectivity index is 1.75. The van der Waals surface area contributed by atoms with E-state index < -0.39 is 0 Å². The van der Waals surface area contributed by atoms with Gasteiger partial charge in [0.25, 0.3) is 0 Å². The molecular formula is C18H32N2O. The van der Waals surface area contributed by atoms with Gasteiger partial charge in [0.15, 0.2) is 0 Å². The Labute approximate surface area is 129 Å². The quantitative estimate of drug-likeness (QED) is 0.836. The van der Waals surface area contributed by atoms with Crippen LogP contribution in [-0.4, -0.2) is 18.0 Å². The van der Waals surface area contributed by atoms with Gasteiger partial charge < -0.3 is 11.1 Å². The van der Waals surface area contributed by atoms with Crippen molar-refractivity contribution in [2.24, 2.45) is 27.9 Å². The van der Waals surface area contributed by atoms with Crippen LogP contribution >= 0.6 is 0 Å². The highest BCUT2D eigenvalue weighted by atomic mass is 16.1. The molecule has 0 heterocycles. The van der Waals surface area contributed by atoms with Gasteiger partial charge in [-0.2, -0.15) is 0 Å². The first-order valence-electron chi connectivity index (χ1n) is 8.58. The van der Waals surface area contributed by atoms with Crippen molar-refractivity contribution in [3.05, 3.63) is 0 Å². The zero-order valence-corrected chi connectivity index (χ0v) is 14.2. The predicted octanol–water partition coefficient (Wildman–Crippen LogP) is 3.23. The maximum absolute atomic E-state index is 12.5. The zero-order chi connectivity index (χ0) is 15.5. The van der Waals surface area contributed by atoms with E-state index in [1.165, 1.54) is 38.5 Å². The SMILES string of the molecule is CC12CC3CC(C)(C1)CC(CC(=O)NC(C)(C)CN)(C3)C2. The summed E-state index contributed by atoms with van der Waals surface area (Å²) in [5, 5.41) is 3.14. The van der Waals surface area contributed by atoms with Crippen molar-refractivity contribution in [2.45, 2.75) is 78.2 Å². The summed E-state index contributed by atoms with van der Waals surface area (Å²) < 4.78 is 0. The van der Waals surface area contributed by atoms with E-state index in [-0.39, 0.29) is 16.9 Å². The lowest BCUT2D eigenvalue weighted by Crippen LogP contribution is -2.57. The van der Waals surface area contributed by atoms with Gasteiger partial charge in [0.1, 0.15) is 0 Å². The molecule has 120 valence electrons. The molecule has 4 saturated carbocycles. The molecule has 4 fully saturated rings. The number of amides is 1. The molecular weight excluding hydrogens is 260 g/mol. The average Bonchev–Trinajstić information content (AvgIpc) is 2.21. The maximum Gasteiger partial charge on any atom is 0.221 e. The second-order valence-electron chi connectivity index (χ2n) is 9.94. The van der Waals surface area contributed by atoms with E-state index in [0.29, 0.717) is 23.8 Å². The Morgan fingerprint density at radius 2 is 1.71 bits per heavy atom. The minimum absolute atomic E-state index is 0.208. The molecule has 21 heavy (non-hydrogen) atoms. The van der Waals surface area contributed by atoms with Crippen molar-refractivity contribution in [3.63, 3.8) is 0 Å². The molecule has 2 atom stereocenters. The Hall–Kier alpha value is -0.570. The van der Waals surface area contributed by atoms with Crippen LogP contribution in [0.25, 0.3) is 0 Å². The lowest BCUT2D eigenvalue weighted by Gasteiger charge is -2.65. The smallest absolute Gasteiger partial charge is 0.221 e. The number of carbonyl (C=O) groups excluding carboxylic acids is 1. The Kier molecular flexibility index (Phi) is 3.26. The van der Waals surface area contributed by atoms with Crippen molar-refractivity contribution >= 4 is 5.91 Å². The maximum atomic E-state index is 12.5. The minimum atomic E-state index is -0.285. The molecule has 3 nitrogen and oxygen atoms in total. The number of hydrogen-bond acceptors (Lipinski definition) is 2. The lowest BCUT2D eigenvalue weighted by molar-refractivity contribution is -0.156. The molecule has 2 unspecified atom stereocenters. The molecule has 4 bridgehead atoms. The number of hydrogen-bond donors (Lipinski definition) is 2. The fraction of sp³-hybridized carbons (Fsp3) is 0.944. The summed E-state index contributed by atoms with van der Waals surface area (Å²) in [6, 6.07) is 0. The molecule has 0 aromatic heterocycles. The van der Waals surface area contributed by atoms with Crippen molar-refractivity contribution < 1.29 is 4.79 Å². The normalized spacial score (nSPS) is 44.9. The van der Waals surface area contributed by atoms with Crippen LogP contribution in [0.1, 0.15) is 72.6 Å². The van der Waals surface area contributed by atoms with Crippen LogP contribution in [0.2, 0.25) is 0 Å². The Morgan fingerprint density at radius 1 is 1.14 bits per heavy atom. The highest BCUT2D eigenvalue weighted by Gasteiger charge is 2.60. The van der Waals surface area contributed by atoms with Crippen molar-refractivity contribution in [2.75, 3.05) is 6.54 Å². The molecule has 0 spiro atoms. The number of rotatable bonds is 4. The molecule has 1 amide bonds. The van der Waals surface area contributed by atoms with Crippen molar-refractivity contribution in [1.82, 2.24) is 5.32 Å². The largest absolute Gasteiger partial charge is 0.350 e. The van der Waals surface area contributed by atoms with Gasteiger partial charge in [0.05, 0.1) is 0 Å². The third kappa shape index (κ3) is 2.86. The molecule has 0 aliphatic heterocycles. The summed E-state index contributed by atoms with van der Waals surface area (Å²) in [6.45, 7) is 9.43. The lowest BCUT2D eigenvalue weighted by atomic mass is 9.40. The van der Waals surface area contributed by atoms with Gasteiger partial charge in [0, 0.05) is 18.5 Å².